The molecule has 0 aliphatic rings. The Kier molecular flexibility index (Phi) is 7.82. The number of methoxy groups -OCH3 is 2. The Morgan fingerprint density at radius 1 is 1.07 bits per heavy atom. The van der Waals surface area contributed by atoms with Gasteiger partial charge >= 0.3 is 6.61 Å². The predicted octanol–water partition coefficient (Wildman–Crippen LogP) is 4.14. The molecule has 6 nitrogen and oxygen atoms in total. The third kappa shape index (κ3) is 5.84. The van der Waals surface area contributed by atoms with Crippen LogP contribution in [0, 0.1) is 0 Å². The third-order valence-electron chi connectivity index (χ3n) is 3.98. The zero-order chi connectivity index (χ0) is 21.4. The average Bonchev–Trinajstić information content (AvgIpc) is 2.72. The number of hydrogen-bond donors (Lipinski definition) is 0. The van der Waals surface area contributed by atoms with Gasteiger partial charge in [-0.15, -0.1) is 0 Å². The lowest BCUT2D eigenvalue weighted by Crippen LogP contribution is -2.26. The van der Waals surface area contributed by atoms with Crippen molar-refractivity contribution in [2.24, 2.45) is 0 Å². The van der Waals surface area contributed by atoms with Gasteiger partial charge in [0.15, 0.2) is 23.0 Å². The Balaban J connectivity index is 2.15. The molecular formula is C21H23F2NO5. The molecule has 0 bridgehead atoms. The number of rotatable bonds is 10. The van der Waals surface area contributed by atoms with Gasteiger partial charge in [0, 0.05) is 19.2 Å². The van der Waals surface area contributed by atoms with E-state index in [9.17, 15) is 13.6 Å². The molecule has 0 aromatic heterocycles. The maximum Gasteiger partial charge on any atom is 0.387 e. The molecule has 0 radical (unpaired) electrons. The van der Waals surface area contributed by atoms with E-state index in [0.29, 0.717) is 29.2 Å². The van der Waals surface area contributed by atoms with E-state index in [1.807, 2.05) is 0 Å². The lowest BCUT2D eigenvalue weighted by atomic mass is 10.1. The molecule has 0 saturated carbocycles. The fourth-order valence-corrected chi connectivity index (χ4v) is 2.64. The summed E-state index contributed by atoms with van der Waals surface area (Å²) >= 11 is 0. The molecule has 156 valence electrons. The minimum atomic E-state index is -2.95. The second-order valence-corrected chi connectivity index (χ2v) is 5.99. The molecule has 0 aliphatic carbocycles. The Labute approximate surface area is 168 Å². The van der Waals surface area contributed by atoms with Gasteiger partial charge in [0.2, 0.25) is 0 Å². The number of carbonyl (C=O) groups is 1. The van der Waals surface area contributed by atoms with Crippen LogP contribution in [0.4, 0.5) is 8.78 Å². The van der Waals surface area contributed by atoms with Gasteiger partial charge in [-0.05, 0) is 35.9 Å². The van der Waals surface area contributed by atoms with Gasteiger partial charge in [-0.1, -0.05) is 18.7 Å². The van der Waals surface area contributed by atoms with E-state index in [-0.39, 0.29) is 24.0 Å². The zero-order valence-electron chi connectivity index (χ0n) is 16.5. The molecule has 0 atom stereocenters. The van der Waals surface area contributed by atoms with Gasteiger partial charge in [-0.3, -0.25) is 4.79 Å². The SMILES string of the molecule is C=CCOc1ccc(C(=O)N(C)Cc2ccc(OC(F)F)c(OC)c2)cc1OC. The van der Waals surface area contributed by atoms with Crippen LogP contribution in [0.15, 0.2) is 49.1 Å². The largest absolute Gasteiger partial charge is 0.493 e. The first-order chi connectivity index (χ1) is 13.9. The predicted molar refractivity (Wildman–Crippen MR) is 104 cm³/mol. The number of benzene rings is 2. The maximum absolute atomic E-state index is 12.8. The van der Waals surface area contributed by atoms with Crippen LogP contribution >= 0.6 is 0 Å². The van der Waals surface area contributed by atoms with E-state index in [2.05, 4.69) is 11.3 Å². The van der Waals surface area contributed by atoms with Crippen LogP contribution < -0.4 is 18.9 Å². The van der Waals surface area contributed by atoms with Crippen LogP contribution in [0.3, 0.4) is 0 Å². The van der Waals surface area contributed by atoms with Gasteiger partial charge in [0.1, 0.15) is 6.61 Å². The lowest BCUT2D eigenvalue weighted by Gasteiger charge is -2.19. The number of halogens is 2. The fourth-order valence-electron chi connectivity index (χ4n) is 2.64. The number of alkyl halides is 2. The van der Waals surface area contributed by atoms with Crippen molar-refractivity contribution < 1.29 is 32.5 Å². The number of ether oxygens (including phenoxy) is 4. The van der Waals surface area contributed by atoms with Crippen LogP contribution in [-0.2, 0) is 6.54 Å². The van der Waals surface area contributed by atoms with E-state index in [1.165, 1.54) is 25.2 Å². The molecule has 0 fully saturated rings. The molecule has 0 unspecified atom stereocenters. The maximum atomic E-state index is 12.8. The quantitative estimate of drug-likeness (QED) is 0.554. The summed E-state index contributed by atoms with van der Waals surface area (Å²) in [7, 11) is 4.48. The molecule has 0 heterocycles. The van der Waals surface area contributed by atoms with Crippen LogP contribution in [0.25, 0.3) is 0 Å². The van der Waals surface area contributed by atoms with Gasteiger partial charge in [0.05, 0.1) is 14.2 Å². The number of nitrogens with zero attached hydrogens (tertiary/aromatic N) is 1. The van der Waals surface area contributed by atoms with E-state index in [0.717, 1.165) is 0 Å². The normalized spacial score (nSPS) is 10.4. The van der Waals surface area contributed by atoms with Crippen molar-refractivity contribution in [1.82, 2.24) is 4.90 Å². The van der Waals surface area contributed by atoms with Crippen molar-refractivity contribution in [3.05, 3.63) is 60.2 Å². The van der Waals surface area contributed by atoms with Crippen molar-refractivity contribution in [2.75, 3.05) is 27.9 Å². The van der Waals surface area contributed by atoms with E-state index in [1.54, 1.807) is 43.5 Å². The zero-order valence-corrected chi connectivity index (χ0v) is 16.5. The van der Waals surface area contributed by atoms with Crippen molar-refractivity contribution in [3.8, 4) is 23.0 Å². The highest BCUT2D eigenvalue weighted by atomic mass is 19.3. The number of hydrogen-bond acceptors (Lipinski definition) is 5. The van der Waals surface area contributed by atoms with Gasteiger partial charge < -0.3 is 23.8 Å². The van der Waals surface area contributed by atoms with Crippen molar-refractivity contribution >= 4 is 5.91 Å². The molecule has 8 heteroatoms. The van der Waals surface area contributed by atoms with E-state index in [4.69, 9.17) is 14.2 Å². The summed E-state index contributed by atoms with van der Waals surface area (Å²) in [5, 5.41) is 0. The molecular weight excluding hydrogens is 384 g/mol. The van der Waals surface area contributed by atoms with Crippen LogP contribution in [0.5, 0.6) is 23.0 Å². The molecule has 0 aliphatic heterocycles. The highest BCUT2D eigenvalue weighted by Crippen LogP contribution is 2.31. The standard InChI is InChI=1S/C21H23F2NO5/c1-5-10-28-16-9-7-15(12-19(16)27-4)20(25)24(2)13-14-6-8-17(29-21(22)23)18(11-14)26-3/h5-9,11-12,21H,1,10,13H2,2-4H3. The summed E-state index contributed by atoms with van der Waals surface area (Å²) in [5.74, 6) is 0.784. The second kappa shape index (κ2) is 10.3. The lowest BCUT2D eigenvalue weighted by molar-refractivity contribution is -0.0512. The Hall–Kier alpha value is -3.29. The summed E-state index contributed by atoms with van der Waals surface area (Å²) in [6.45, 7) is 1.19. The van der Waals surface area contributed by atoms with Crippen molar-refractivity contribution in [2.45, 2.75) is 13.2 Å². The van der Waals surface area contributed by atoms with Gasteiger partial charge in [-0.25, -0.2) is 0 Å². The topological polar surface area (TPSA) is 57.2 Å². The van der Waals surface area contributed by atoms with Crippen LogP contribution in [0.2, 0.25) is 0 Å². The van der Waals surface area contributed by atoms with E-state index >= 15 is 0 Å². The first-order valence-corrected chi connectivity index (χ1v) is 8.68. The molecule has 0 saturated heterocycles. The highest BCUT2D eigenvalue weighted by Gasteiger charge is 2.17. The van der Waals surface area contributed by atoms with Crippen molar-refractivity contribution in [3.63, 3.8) is 0 Å². The molecule has 0 spiro atoms. The minimum Gasteiger partial charge on any atom is -0.493 e. The summed E-state index contributed by atoms with van der Waals surface area (Å²) in [5.41, 5.74) is 1.11. The highest BCUT2D eigenvalue weighted by molar-refractivity contribution is 5.94. The molecule has 0 N–H and O–H groups in total. The summed E-state index contributed by atoms with van der Waals surface area (Å²) < 4.78 is 45.2. The summed E-state index contributed by atoms with van der Waals surface area (Å²) in [4.78, 5) is 14.3. The summed E-state index contributed by atoms with van der Waals surface area (Å²) in [6.07, 6.45) is 1.61. The first kappa shape index (κ1) is 22.0. The minimum absolute atomic E-state index is 0.0694. The second-order valence-electron chi connectivity index (χ2n) is 5.99. The third-order valence-corrected chi connectivity index (χ3v) is 3.98. The Bertz CT molecular complexity index is 857. The van der Waals surface area contributed by atoms with Gasteiger partial charge in [0.25, 0.3) is 5.91 Å². The molecule has 29 heavy (non-hydrogen) atoms. The monoisotopic (exact) mass is 407 g/mol. The van der Waals surface area contributed by atoms with Crippen molar-refractivity contribution in [1.29, 1.82) is 0 Å². The van der Waals surface area contributed by atoms with Crippen LogP contribution in [0.1, 0.15) is 15.9 Å². The van der Waals surface area contributed by atoms with Crippen LogP contribution in [-0.4, -0.2) is 45.3 Å². The molecule has 2 aromatic carbocycles. The molecule has 1 amide bonds. The average molecular weight is 407 g/mol. The number of carbonyl (C=O) groups excluding carboxylic acids is 1. The summed E-state index contributed by atoms with van der Waals surface area (Å²) in [6, 6.07) is 9.42. The Morgan fingerprint density at radius 2 is 1.72 bits per heavy atom. The van der Waals surface area contributed by atoms with Gasteiger partial charge in [-0.2, -0.15) is 8.78 Å². The van der Waals surface area contributed by atoms with E-state index < -0.39 is 6.61 Å². The first-order valence-electron chi connectivity index (χ1n) is 8.68. The molecule has 2 aromatic rings. The molecule has 2 rings (SSSR count). The Morgan fingerprint density at radius 3 is 2.34 bits per heavy atom. The smallest absolute Gasteiger partial charge is 0.387 e. The fraction of sp³-hybridized carbons (Fsp3) is 0.286. The number of amides is 1.